The molecule has 2 N–H and O–H groups in total. The lowest BCUT2D eigenvalue weighted by Crippen LogP contribution is -2.47. The van der Waals surface area contributed by atoms with Crippen LogP contribution in [0.4, 0.5) is 0 Å². The van der Waals surface area contributed by atoms with E-state index in [9.17, 15) is 19.0 Å². The molecule has 0 spiro atoms. The first kappa shape index (κ1) is 83.6. The van der Waals surface area contributed by atoms with Crippen LogP contribution in [0.2, 0.25) is 0 Å². The Balaban J connectivity index is 5.17. The normalized spacial score (nSPS) is 14.5. The van der Waals surface area contributed by atoms with Gasteiger partial charge in [0, 0.05) is 12.8 Å². The van der Waals surface area contributed by atoms with Gasteiger partial charge in [0.25, 0.3) is 0 Å². The van der Waals surface area contributed by atoms with E-state index in [1.807, 2.05) is 33.3 Å². The van der Waals surface area contributed by atoms with Crippen LogP contribution in [0.3, 0.4) is 0 Å². The number of carbonyl (C=O) groups excluding carboxylic acids is 2. The molecule has 0 saturated carbocycles. The molecule has 0 aliphatic rings. The van der Waals surface area contributed by atoms with Crippen molar-refractivity contribution in [1.29, 1.82) is 0 Å². The molecule has 0 aromatic heterocycles. The van der Waals surface area contributed by atoms with Gasteiger partial charge in [-0.1, -0.05) is 282 Å². The van der Waals surface area contributed by atoms with Crippen molar-refractivity contribution in [2.75, 3.05) is 40.9 Å². The zero-order valence-corrected chi connectivity index (χ0v) is 58.0. The summed E-state index contributed by atoms with van der Waals surface area (Å²) in [5.74, 6) is -0.553. The van der Waals surface area contributed by atoms with E-state index >= 15 is 0 Å². The van der Waals surface area contributed by atoms with Crippen LogP contribution >= 0.6 is 7.82 Å². The van der Waals surface area contributed by atoms with Crippen LogP contribution in [-0.2, 0) is 27.9 Å². The number of amides is 1. The number of ether oxygens (including phenoxy) is 1. The highest BCUT2D eigenvalue weighted by atomic mass is 31.2. The molecule has 88 heavy (non-hydrogen) atoms. The van der Waals surface area contributed by atoms with Crippen molar-refractivity contribution in [2.24, 2.45) is 0 Å². The number of likely N-dealkylation sites (N-methyl/N-ethyl adjacent to an activating group) is 1. The molecule has 0 saturated heterocycles. The van der Waals surface area contributed by atoms with E-state index in [2.05, 4.69) is 172 Å². The van der Waals surface area contributed by atoms with E-state index in [-0.39, 0.29) is 31.5 Å². The molecular formula is C78H132N2O7P+. The van der Waals surface area contributed by atoms with Gasteiger partial charge in [0.05, 0.1) is 33.8 Å². The van der Waals surface area contributed by atoms with Gasteiger partial charge in [0.2, 0.25) is 5.91 Å². The largest absolute Gasteiger partial charge is 0.472 e. The average Bonchev–Trinajstić information content (AvgIpc) is 3.66. The molecule has 3 unspecified atom stereocenters. The molecule has 500 valence electrons. The zero-order chi connectivity index (χ0) is 64.2. The van der Waals surface area contributed by atoms with Gasteiger partial charge in [-0.3, -0.25) is 18.6 Å². The summed E-state index contributed by atoms with van der Waals surface area (Å²) in [6.07, 6.45) is 96.8. The van der Waals surface area contributed by atoms with Crippen molar-refractivity contribution in [3.63, 3.8) is 0 Å². The lowest BCUT2D eigenvalue weighted by molar-refractivity contribution is -0.870. The highest BCUT2D eigenvalue weighted by Gasteiger charge is 2.30. The quantitative estimate of drug-likeness (QED) is 0.0205. The number of phosphoric ester groups is 1. The van der Waals surface area contributed by atoms with Crippen LogP contribution in [0, 0.1) is 0 Å². The molecule has 0 aromatic carbocycles. The van der Waals surface area contributed by atoms with Gasteiger partial charge in [-0.25, -0.2) is 4.57 Å². The van der Waals surface area contributed by atoms with Crippen LogP contribution in [0.15, 0.2) is 158 Å². The number of rotatable bonds is 62. The van der Waals surface area contributed by atoms with Crippen molar-refractivity contribution >= 4 is 19.7 Å². The second-order valence-electron chi connectivity index (χ2n) is 24.3. The molecule has 9 nitrogen and oxygen atoms in total. The van der Waals surface area contributed by atoms with E-state index < -0.39 is 20.0 Å². The van der Waals surface area contributed by atoms with Crippen LogP contribution in [0.5, 0.6) is 0 Å². The molecule has 0 aliphatic carbocycles. The summed E-state index contributed by atoms with van der Waals surface area (Å²) in [5, 5.41) is 3.05. The lowest BCUT2D eigenvalue weighted by atomic mass is 10.0. The highest BCUT2D eigenvalue weighted by Crippen LogP contribution is 2.43. The Morgan fingerprint density at radius 1 is 0.409 bits per heavy atom. The fourth-order valence-electron chi connectivity index (χ4n) is 9.36. The molecule has 0 radical (unpaired) electrons. The molecule has 3 atom stereocenters. The summed E-state index contributed by atoms with van der Waals surface area (Å²) < 4.78 is 30.8. The maximum absolute atomic E-state index is 13.6. The first-order valence-corrected chi connectivity index (χ1v) is 36.8. The average molecular weight is 1240 g/mol. The second-order valence-corrected chi connectivity index (χ2v) is 25.7. The van der Waals surface area contributed by atoms with Gasteiger partial charge < -0.3 is 19.4 Å². The Bertz CT molecular complexity index is 2060. The number of hydrogen-bond acceptors (Lipinski definition) is 6. The Morgan fingerprint density at radius 3 is 1.09 bits per heavy atom. The maximum atomic E-state index is 13.6. The number of nitrogens with one attached hydrogen (secondary N) is 1. The highest BCUT2D eigenvalue weighted by molar-refractivity contribution is 7.47. The molecule has 0 rings (SSSR count). The summed E-state index contributed by atoms with van der Waals surface area (Å²) in [4.78, 5) is 37.9. The van der Waals surface area contributed by atoms with Crippen LogP contribution < -0.4 is 5.32 Å². The topological polar surface area (TPSA) is 111 Å². The summed E-state index contributed by atoms with van der Waals surface area (Å²) in [5.41, 5.74) is 0. The number of nitrogens with zero attached hydrogens (tertiary/aromatic N) is 1. The number of unbranched alkanes of at least 4 members (excludes halogenated alkanes) is 22. The second kappa shape index (κ2) is 65.6. The van der Waals surface area contributed by atoms with Gasteiger partial charge in [-0.2, -0.15) is 0 Å². The predicted octanol–water partition coefficient (Wildman–Crippen LogP) is 22.7. The fourth-order valence-corrected chi connectivity index (χ4v) is 10.1. The molecule has 0 heterocycles. The van der Waals surface area contributed by atoms with Gasteiger partial charge >= 0.3 is 13.8 Å². The van der Waals surface area contributed by atoms with Crippen molar-refractivity contribution in [2.45, 2.75) is 283 Å². The minimum Gasteiger partial charge on any atom is -0.456 e. The van der Waals surface area contributed by atoms with Crippen LogP contribution in [0.1, 0.15) is 271 Å². The number of phosphoric acid groups is 1. The Labute approximate surface area is 541 Å². The summed E-state index contributed by atoms with van der Waals surface area (Å²) in [6, 6.07) is -0.878. The standard InChI is InChI=1S/C78H131N2O7P/c1-7-10-13-16-19-22-25-28-30-32-34-36-38-39-40-41-43-44-46-48-50-52-55-58-61-64-67-70-77(81)79-75(74-86-88(83,84)85-73-72-80(4,5)6)76(69-66-63-60-57-54-27-24-21-18-15-12-9-3)87-78(82)71-68-65-62-59-56-53-51-49-47-45-42-37-35-33-31-29-26-23-20-17-14-11-8-2/h10-11,13-14,19-20,22-23,28-31,34-37,39-40,43-45,47,51,53,66,69,75-76H,7-9,12,15-18,21,24-27,32-33,38,41-42,46,48-50,52,54-65,67-68,70-74H2,1-6H3,(H-,79,81,83,84)/p+1/b13-10-,14-11-,22-19-,23-20-,30-28-,31-29-,36-34-,37-35-,40-39-,44-43-,47-45-,53-51-,69-66-. The third-order valence-corrected chi connectivity index (χ3v) is 15.7. The summed E-state index contributed by atoms with van der Waals surface area (Å²) >= 11 is 0. The number of allylic oxidation sites excluding steroid dienone is 25. The number of carbonyl (C=O) groups is 2. The predicted molar refractivity (Wildman–Crippen MR) is 382 cm³/mol. The van der Waals surface area contributed by atoms with Crippen molar-refractivity contribution in [3.05, 3.63) is 158 Å². The van der Waals surface area contributed by atoms with E-state index in [1.165, 1.54) is 77.0 Å². The molecule has 0 fully saturated rings. The molecule has 0 aliphatic heterocycles. The van der Waals surface area contributed by atoms with Crippen molar-refractivity contribution in [1.82, 2.24) is 5.32 Å². The number of esters is 1. The minimum absolute atomic E-state index is 0.0250. The lowest BCUT2D eigenvalue weighted by Gasteiger charge is -2.27. The smallest absolute Gasteiger partial charge is 0.456 e. The molecular weight excluding hydrogens is 1110 g/mol. The molecule has 0 aromatic rings. The number of hydrogen-bond donors (Lipinski definition) is 2. The van der Waals surface area contributed by atoms with Gasteiger partial charge in [-0.05, 0) is 134 Å². The van der Waals surface area contributed by atoms with Crippen LogP contribution in [0.25, 0.3) is 0 Å². The molecule has 0 bridgehead atoms. The van der Waals surface area contributed by atoms with E-state index in [4.69, 9.17) is 13.8 Å². The monoisotopic (exact) mass is 1240 g/mol. The van der Waals surface area contributed by atoms with Gasteiger partial charge in [0.1, 0.15) is 19.3 Å². The fraction of sp³-hybridized carbons (Fsp3) is 0.641. The van der Waals surface area contributed by atoms with Crippen molar-refractivity contribution < 1.29 is 37.3 Å². The first-order valence-electron chi connectivity index (χ1n) is 35.3. The Morgan fingerprint density at radius 2 is 0.727 bits per heavy atom. The Hall–Kier alpha value is -4.37. The van der Waals surface area contributed by atoms with E-state index in [0.717, 1.165) is 154 Å². The molecule has 10 heteroatoms. The summed E-state index contributed by atoms with van der Waals surface area (Å²) in [6.45, 7) is 6.75. The van der Waals surface area contributed by atoms with E-state index in [0.29, 0.717) is 23.9 Å². The third-order valence-electron chi connectivity index (χ3n) is 14.7. The summed E-state index contributed by atoms with van der Waals surface area (Å²) in [7, 11) is 1.45. The van der Waals surface area contributed by atoms with Crippen molar-refractivity contribution in [3.8, 4) is 0 Å². The SMILES string of the molecule is CC/C=C\C/C=C\C/C=C\C/C=C\C/C=C\C/C=C\CCCCCCCCCCC(=O)NC(COP(=O)(O)OCC[N+](C)(C)C)C(/C=C\CCCCCCCCCCCC)OC(=O)CCCCCC/C=C\C/C=C\C/C=C\C/C=C\C/C=C\C/C=C\CC. The maximum Gasteiger partial charge on any atom is 0.472 e. The van der Waals surface area contributed by atoms with Gasteiger partial charge in [-0.15, -0.1) is 0 Å². The Kier molecular flexibility index (Phi) is 62.3. The molecule has 1 amide bonds. The van der Waals surface area contributed by atoms with Crippen LogP contribution in [-0.4, -0.2) is 74.3 Å². The first-order chi connectivity index (χ1) is 42.9. The van der Waals surface area contributed by atoms with E-state index in [1.54, 1.807) is 0 Å². The minimum atomic E-state index is -4.48. The number of quaternary nitrogens is 1. The van der Waals surface area contributed by atoms with Gasteiger partial charge in [0.15, 0.2) is 0 Å². The third kappa shape index (κ3) is 66.1. The zero-order valence-electron chi connectivity index (χ0n) is 57.2.